The van der Waals surface area contributed by atoms with Gasteiger partial charge in [-0.05, 0) is 36.2 Å². The highest BCUT2D eigenvalue weighted by atomic mass is 32.2. The van der Waals surface area contributed by atoms with Crippen LogP contribution >= 0.6 is 0 Å². The average Bonchev–Trinajstić information content (AvgIpc) is 3.18. The molecule has 0 fully saturated rings. The topological polar surface area (TPSA) is 53.2 Å². The van der Waals surface area contributed by atoms with Crippen molar-refractivity contribution in [2.24, 2.45) is 0 Å². The number of nitrogens with zero attached hydrogens (tertiary/aromatic N) is 1. The predicted molar refractivity (Wildman–Crippen MR) is 125 cm³/mol. The van der Waals surface area contributed by atoms with Gasteiger partial charge < -0.3 is 4.98 Å². The van der Waals surface area contributed by atoms with Gasteiger partial charge in [-0.2, -0.15) is 4.31 Å². The minimum Gasteiger partial charge on any atom is -0.357 e. The van der Waals surface area contributed by atoms with Crippen LogP contribution in [0, 0.1) is 6.92 Å². The van der Waals surface area contributed by atoms with Crippen LogP contribution in [0.1, 0.15) is 34.3 Å². The summed E-state index contributed by atoms with van der Waals surface area (Å²) in [5.41, 5.74) is 5.02. The second kappa shape index (κ2) is 7.52. The van der Waals surface area contributed by atoms with Crippen LogP contribution in [0.5, 0.6) is 0 Å². The van der Waals surface area contributed by atoms with Crippen molar-refractivity contribution in [3.05, 3.63) is 114 Å². The molecule has 31 heavy (non-hydrogen) atoms. The molecule has 2 atom stereocenters. The lowest BCUT2D eigenvalue weighted by Gasteiger charge is -2.38. The molecule has 1 N–H and O–H groups in total. The summed E-state index contributed by atoms with van der Waals surface area (Å²) in [5, 5.41) is 1.12. The van der Waals surface area contributed by atoms with E-state index in [0.29, 0.717) is 11.4 Å². The Bertz CT molecular complexity index is 1360. The summed E-state index contributed by atoms with van der Waals surface area (Å²) >= 11 is 0. The van der Waals surface area contributed by atoms with E-state index in [0.717, 1.165) is 33.3 Å². The van der Waals surface area contributed by atoms with E-state index in [2.05, 4.69) is 17.6 Å². The van der Waals surface area contributed by atoms with Crippen LogP contribution in [-0.2, 0) is 10.0 Å². The van der Waals surface area contributed by atoms with Crippen LogP contribution in [0.2, 0.25) is 0 Å². The normalized spacial score (nSPS) is 19.3. The smallest absolute Gasteiger partial charge is 0.244 e. The summed E-state index contributed by atoms with van der Waals surface area (Å²) < 4.78 is 29.3. The van der Waals surface area contributed by atoms with E-state index in [-0.39, 0.29) is 5.92 Å². The SMILES string of the molecule is C=C[C@@H]1CN(S(=O)(=O)c2ccc(C)cc2)[C@@H](c2ccccc2)c2[nH]c3ccccc3c21. The summed E-state index contributed by atoms with van der Waals surface area (Å²) in [7, 11) is -3.73. The maximum Gasteiger partial charge on any atom is 0.244 e. The molecule has 4 nitrogen and oxygen atoms in total. The maximum atomic E-state index is 13.8. The van der Waals surface area contributed by atoms with Gasteiger partial charge in [-0.15, -0.1) is 6.58 Å². The Morgan fingerprint density at radius 1 is 0.968 bits per heavy atom. The van der Waals surface area contributed by atoms with Crippen molar-refractivity contribution in [1.29, 1.82) is 0 Å². The molecule has 0 spiro atoms. The molecule has 5 rings (SSSR count). The molecule has 0 amide bonds. The molecule has 0 aliphatic carbocycles. The summed E-state index contributed by atoms with van der Waals surface area (Å²) in [6.45, 7) is 6.33. The Morgan fingerprint density at radius 2 is 1.65 bits per heavy atom. The predicted octanol–water partition coefficient (Wildman–Crippen LogP) is 5.54. The third-order valence-corrected chi connectivity index (χ3v) is 7.96. The highest BCUT2D eigenvalue weighted by molar-refractivity contribution is 7.89. The molecule has 5 heteroatoms. The number of aryl methyl sites for hydroxylation is 1. The van der Waals surface area contributed by atoms with E-state index in [9.17, 15) is 8.42 Å². The molecule has 0 saturated heterocycles. The summed E-state index contributed by atoms with van der Waals surface area (Å²) in [6, 6.07) is 24.6. The molecule has 0 bridgehead atoms. The van der Waals surface area contributed by atoms with Crippen molar-refractivity contribution in [3.8, 4) is 0 Å². The van der Waals surface area contributed by atoms with Crippen LogP contribution in [0.15, 0.2) is 96.4 Å². The van der Waals surface area contributed by atoms with E-state index in [1.807, 2.05) is 73.7 Å². The molecule has 3 aromatic carbocycles. The third kappa shape index (κ3) is 3.21. The number of aromatic amines is 1. The van der Waals surface area contributed by atoms with Crippen LogP contribution in [0.4, 0.5) is 0 Å². The van der Waals surface area contributed by atoms with Crippen molar-refractivity contribution in [3.63, 3.8) is 0 Å². The van der Waals surface area contributed by atoms with Crippen molar-refractivity contribution in [2.45, 2.75) is 23.8 Å². The minimum atomic E-state index is -3.73. The molecule has 1 aromatic heterocycles. The fourth-order valence-corrected chi connectivity index (χ4v) is 6.19. The second-order valence-electron chi connectivity index (χ2n) is 8.04. The number of aromatic nitrogens is 1. The Labute approximate surface area is 182 Å². The van der Waals surface area contributed by atoms with Gasteiger partial charge in [0.15, 0.2) is 0 Å². The zero-order valence-electron chi connectivity index (χ0n) is 17.3. The van der Waals surface area contributed by atoms with E-state index < -0.39 is 16.1 Å². The largest absolute Gasteiger partial charge is 0.357 e. The minimum absolute atomic E-state index is 0.105. The van der Waals surface area contributed by atoms with E-state index >= 15 is 0 Å². The van der Waals surface area contributed by atoms with E-state index in [1.54, 1.807) is 16.4 Å². The molecule has 1 aliphatic rings. The van der Waals surface area contributed by atoms with Crippen LogP contribution in [0.3, 0.4) is 0 Å². The number of para-hydroxylation sites is 1. The highest BCUT2D eigenvalue weighted by Gasteiger charge is 2.42. The van der Waals surface area contributed by atoms with Gasteiger partial charge in [0.1, 0.15) is 0 Å². The maximum absolute atomic E-state index is 13.8. The average molecular weight is 429 g/mol. The van der Waals surface area contributed by atoms with Crippen molar-refractivity contribution < 1.29 is 8.42 Å². The number of sulfonamides is 1. The first kappa shape index (κ1) is 19.8. The van der Waals surface area contributed by atoms with Gasteiger partial charge in [0, 0.05) is 29.1 Å². The number of fused-ring (bicyclic) bond motifs is 3. The molecular formula is C26H24N2O2S. The first-order valence-corrected chi connectivity index (χ1v) is 11.8. The first-order chi connectivity index (χ1) is 15.0. The van der Waals surface area contributed by atoms with E-state index in [1.165, 1.54) is 0 Å². The van der Waals surface area contributed by atoms with Crippen molar-refractivity contribution in [1.82, 2.24) is 9.29 Å². The lowest BCUT2D eigenvalue weighted by atomic mass is 9.87. The highest BCUT2D eigenvalue weighted by Crippen LogP contribution is 2.45. The molecular weight excluding hydrogens is 404 g/mol. The number of hydrogen-bond donors (Lipinski definition) is 1. The molecule has 2 heterocycles. The van der Waals surface area contributed by atoms with E-state index in [4.69, 9.17) is 0 Å². The van der Waals surface area contributed by atoms with Gasteiger partial charge in [0.25, 0.3) is 0 Å². The Kier molecular flexibility index (Phi) is 4.80. The van der Waals surface area contributed by atoms with Crippen molar-refractivity contribution in [2.75, 3.05) is 6.54 Å². The molecule has 156 valence electrons. The van der Waals surface area contributed by atoms with Crippen LogP contribution in [-0.4, -0.2) is 24.3 Å². The summed E-state index contributed by atoms with van der Waals surface area (Å²) in [6.07, 6.45) is 1.86. The molecule has 0 saturated carbocycles. The van der Waals surface area contributed by atoms with Gasteiger partial charge in [-0.3, -0.25) is 0 Å². The Balaban J connectivity index is 1.76. The lowest BCUT2D eigenvalue weighted by Crippen LogP contribution is -2.42. The molecule has 0 unspecified atom stereocenters. The Morgan fingerprint density at radius 3 is 2.35 bits per heavy atom. The lowest BCUT2D eigenvalue weighted by molar-refractivity contribution is 0.327. The number of hydrogen-bond acceptors (Lipinski definition) is 2. The molecule has 4 aromatic rings. The second-order valence-corrected chi connectivity index (χ2v) is 9.93. The Hall–Kier alpha value is -3.15. The zero-order chi connectivity index (χ0) is 21.6. The van der Waals surface area contributed by atoms with Gasteiger partial charge in [-0.25, -0.2) is 8.42 Å². The number of rotatable bonds is 4. The van der Waals surface area contributed by atoms with Gasteiger partial charge in [0.05, 0.1) is 10.9 Å². The number of benzene rings is 3. The fraction of sp³-hybridized carbons (Fsp3) is 0.154. The fourth-order valence-electron chi connectivity index (χ4n) is 4.58. The van der Waals surface area contributed by atoms with Gasteiger partial charge >= 0.3 is 0 Å². The van der Waals surface area contributed by atoms with Crippen LogP contribution in [0.25, 0.3) is 10.9 Å². The molecule has 0 radical (unpaired) electrons. The standard InChI is InChI=1S/C26H24N2O2S/c1-3-19-17-28(31(29,30)21-15-13-18(2)14-16-21)26(20-9-5-4-6-10-20)25-24(19)22-11-7-8-12-23(22)27-25/h3-16,19,26-27H,1,17H2,2H3/t19-,26+/m1/s1. The summed E-state index contributed by atoms with van der Waals surface area (Å²) in [4.78, 5) is 3.84. The quantitative estimate of drug-likeness (QED) is 0.434. The molecule has 1 aliphatic heterocycles. The first-order valence-electron chi connectivity index (χ1n) is 10.4. The van der Waals surface area contributed by atoms with Crippen LogP contribution < -0.4 is 0 Å². The zero-order valence-corrected chi connectivity index (χ0v) is 18.1. The van der Waals surface area contributed by atoms with Gasteiger partial charge in [-0.1, -0.05) is 72.3 Å². The third-order valence-electron chi connectivity index (χ3n) is 6.11. The van der Waals surface area contributed by atoms with Crippen molar-refractivity contribution >= 4 is 20.9 Å². The number of H-pyrrole nitrogens is 1. The monoisotopic (exact) mass is 428 g/mol. The number of nitrogens with one attached hydrogen (secondary N) is 1. The summed E-state index contributed by atoms with van der Waals surface area (Å²) in [5.74, 6) is -0.105. The van der Waals surface area contributed by atoms with Gasteiger partial charge in [0.2, 0.25) is 10.0 Å².